The Bertz CT molecular complexity index is 724. The summed E-state index contributed by atoms with van der Waals surface area (Å²) in [7, 11) is 3.32. The molecule has 3 N–H and O–H groups in total. The maximum absolute atomic E-state index is 12.8. The summed E-state index contributed by atoms with van der Waals surface area (Å²) in [5, 5.41) is 24.3. The summed E-state index contributed by atoms with van der Waals surface area (Å²) in [6.45, 7) is 4.10. The SMILES string of the molecule is C=CCN(C)C(=O)C1CC(O)C(O)C2N=C(Nc3ccc(OC)cc3)SC12. The van der Waals surface area contributed by atoms with E-state index in [-0.39, 0.29) is 17.6 Å². The van der Waals surface area contributed by atoms with Crippen LogP contribution in [0.1, 0.15) is 6.42 Å². The summed E-state index contributed by atoms with van der Waals surface area (Å²) < 4.78 is 5.15. The highest BCUT2D eigenvalue weighted by atomic mass is 32.2. The summed E-state index contributed by atoms with van der Waals surface area (Å²) in [4.78, 5) is 19.0. The van der Waals surface area contributed by atoms with E-state index in [1.54, 1.807) is 25.1 Å². The summed E-state index contributed by atoms with van der Waals surface area (Å²) in [5.41, 5.74) is 0.836. The molecule has 1 amide bonds. The number of rotatable bonds is 5. The molecular weight excluding hydrogens is 366 g/mol. The molecule has 2 aliphatic rings. The van der Waals surface area contributed by atoms with Crippen LogP contribution in [0.3, 0.4) is 0 Å². The van der Waals surface area contributed by atoms with E-state index in [0.717, 1.165) is 11.4 Å². The van der Waals surface area contributed by atoms with E-state index in [2.05, 4.69) is 16.9 Å². The van der Waals surface area contributed by atoms with E-state index in [4.69, 9.17) is 4.74 Å². The lowest BCUT2D eigenvalue weighted by Gasteiger charge is -2.38. The number of carbonyl (C=O) groups excluding carboxylic acids is 1. The Labute approximate surface area is 163 Å². The van der Waals surface area contributed by atoms with Crippen molar-refractivity contribution >= 4 is 28.5 Å². The van der Waals surface area contributed by atoms with E-state index in [1.807, 2.05) is 24.3 Å². The molecule has 27 heavy (non-hydrogen) atoms. The van der Waals surface area contributed by atoms with Crippen molar-refractivity contribution in [1.82, 2.24) is 4.90 Å². The standard InChI is InChI=1S/C19H25N3O4S/c1-4-9-22(2)18(25)13-10-14(23)16(24)15-17(13)27-19(21-15)20-11-5-7-12(26-3)8-6-11/h4-8,13-17,23-24H,1,9-10H2,2-3H3,(H,20,21). The van der Waals surface area contributed by atoms with Crippen LogP contribution < -0.4 is 10.1 Å². The molecule has 5 atom stereocenters. The molecule has 1 aromatic carbocycles. The number of nitrogens with zero attached hydrogens (tertiary/aromatic N) is 2. The van der Waals surface area contributed by atoms with Gasteiger partial charge in [-0.15, -0.1) is 6.58 Å². The molecule has 0 spiro atoms. The molecule has 1 fully saturated rings. The van der Waals surface area contributed by atoms with E-state index >= 15 is 0 Å². The second-order valence-electron chi connectivity index (χ2n) is 6.77. The number of aliphatic hydroxyl groups excluding tert-OH is 2. The minimum Gasteiger partial charge on any atom is -0.497 e. The third kappa shape index (κ3) is 4.12. The molecule has 0 aromatic heterocycles. The number of amides is 1. The van der Waals surface area contributed by atoms with Crippen LogP contribution in [0.4, 0.5) is 5.69 Å². The van der Waals surface area contributed by atoms with Crippen LogP contribution >= 0.6 is 11.8 Å². The van der Waals surface area contributed by atoms with Crippen LogP contribution in [0.2, 0.25) is 0 Å². The van der Waals surface area contributed by atoms with Gasteiger partial charge in [-0.1, -0.05) is 17.8 Å². The van der Waals surface area contributed by atoms with Gasteiger partial charge in [0.1, 0.15) is 11.9 Å². The highest BCUT2D eigenvalue weighted by Crippen LogP contribution is 2.42. The molecule has 7 nitrogen and oxygen atoms in total. The van der Waals surface area contributed by atoms with Crippen molar-refractivity contribution < 1.29 is 19.7 Å². The second-order valence-corrected chi connectivity index (χ2v) is 7.94. The number of nitrogens with one attached hydrogen (secondary N) is 1. The van der Waals surface area contributed by atoms with Gasteiger partial charge in [0.25, 0.3) is 0 Å². The lowest BCUT2D eigenvalue weighted by atomic mass is 9.80. The Hall–Kier alpha value is -2.03. The molecule has 8 heteroatoms. The first-order chi connectivity index (χ1) is 12.9. The highest BCUT2D eigenvalue weighted by Gasteiger charge is 2.50. The Kier molecular flexibility index (Phi) is 6.08. The second kappa shape index (κ2) is 8.33. The number of likely N-dealkylation sites (N-methyl/N-ethyl adjacent to an activating group) is 1. The van der Waals surface area contributed by atoms with Gasteiger partial charge in [-0.2, -0.15) is 0 Å². The van der Waals surface area contributed by atoms with E-state index < -0.39 is 24.2 Å². The van der Waals surface area contributed by atoms with Crippen LogP contribution in [0.25, 0.3) is 0 Å². The lowest BCUT2D eigenvalue weighted by molar-refractivity contribution is -0.138. The molecule has 1 aliphatic heterocycles. The van der Waals surface area contributed by atoms with Crippen molar-refractivity contribution in [3.63, 3.8) is 0 Å². The molecule has 0 radical (unpaired) electrons. The Morgan fingerprint density at radius 3 is 2.78 bits per heavy atom. The maximum Gasteiger partial charge on any atom is 0.227 e. The minimum atomic E-state index is -0.980. The summed E-state index contributed by atoms with van der Waals surface area (Å²) >= 11 is 1.44. The fourth-order valence-corrected chi connectivity index (χ4v) is 4.83. The number of aliphatic hydroxyl groups is 2. The zero-order chi connectivity index (χ0) is 19.6. The molecular formula is C19H25N3O4S. The molecule has 0 bridgehead atoms. The number of fused-ring (bicyclic) bond motifs is 1. The van der Waals surface area contributed by atoms with Crippen molar-refractivity contribution in [3.8, 4) is 5.75 Å². The number of amidine groups is 1. The van der Waals surface area contributed by atoms with Crippen molar-refractivity contribution in [1.29, 1.82) is 0 Å². The minimum absolute atomic E-state index is 0.0655. The summed E-state index contributed by atoms with van der Waals surface area (Å²) in [5.74, 6) is 0.274. The van der Waals surface area contributed by atoms with Gasteiger partial charge < -0.3 is 25.2 Å². The maximum atomic E-state index is 12.8. The molecule has 1 heterocycles. The predicted octanol–water partition coefficient (Wildman–Crippen LogP) is 1.33. The number of ether oxygens (including phenoxy) is 1. The van der Waals surface area contributed by atoms with Crippen LogP contribution in [0, 0.1) is 5.92 Å². The zero-order valence-electron chi connectivity index (χ0n) is 15.4. The monoisotopic (exact) mass is 391 g/mol. The van der Waals surface area contributed by atoms with Crippen molar-refractivity contribution in [2.24, 2.45) is 10.9 Å². The van der Waals surface area contributed by atoms with Gasteiger partial charge in [-0.3, -0.25) is 9.79 Å². The number of carbonyl (C=O) groups is 1. The number of methoxy groups -OCH3 is 1. The van der Waals surface area contributed by atoms with E-state index in [0.29, 0.717) is 11.7 Å². The first-order valence-electron chi connectivity index (χ1n) is 8.82. The number of aliphatic imine (C=N–C) groups is 1. The van der Waals surface area contributed by atoms with Crippen molar-refractivity contribution in [2.45, 2.75) is 29.9 Å². The third-order valence-electron chi connectivity index (χ3n) is 4.92. The van der Waals surface area contributed by atoms with Crippen LogP contribution in [-0.4, -0.2) is 70.4 Å². The summed E-state index contributed by atoms with van der Waals surface area (Å²) in [6, 6.07) is 6.89. The average molecular weight is 391 g/mol. The van der Waals surface area contributed by atoms with Gasteiger partial charge in [0.15, 0.2) is 5.17 Å². The molecule has 1 aromatic rings. The average Bonchev–Trinajstić information content (AvgIpc) is 3.09. The molecule has 146 valence electrons. The van der Waals surface area contributed by atoms with Gasteiger partial charge in [0, 0.05) is 24.5 Å². The Morgan fingerprint density at radius 2 is 2.15 bits per heavy atom. The molecule has 1 saturated carbocycles. The van der Waals surface area contributed by atoms with Crippen LogP contribution in [0.5, 0.6) is 5.75 Å². The zero-order valence-corrected chi connectivity index (χ0v) is 16.2. The highest BCUT2D eigenvalue weighted by molar-refractivity contribution is 8.15. The topological polar surface area (TPSA) is 94.4 Å². The first-order valence-corrected chi connectivity index (χ1v) is 9.70. The molecule has 5 unspecified atom stereocenters. The van der Waals surface area contributed by atoms with E-state index in [9.17, 15) is 15.0 Å². The smallest absolute Gasteiger partial charge is 0.227 e. The van der Waals surface area contributed by atoms with Crippen molar-refractivity contribution in [2.75, 3.05) is 26.0 Å². The Morgan fingerprint density at radius 1 is 1.44 bits per heavy atom. The largest absolute Gasteiger partial charge is 0.497 e. The number of hydrogen-bond donors (Lipinski definition) is 3. The number of thioether (sulfide) groups is 1. The Balaban J connectivity index is 1.75. The fraction of sp³-hybridized carbons (Fsp3) is 0.474. The molecule has 0 saturated heterocycles. The fourth-order valence-electron chi connectivity index (χ4n) is 3.46. The molecule has 3 rings (SSSR count). The number of anilines is 1. The van der Waals surface area contributed by atoms with Gasteiger partial charge in [0.2, 0.25) is 5.91 Å². The van der Waals surface area contributed by atoms with Gasteiger partial charge in [-0.05, 0) is 30.7 Å². The normalized spacial score (nSPS) is 29.5. The lowest BCUT2D eigenvalue weighted by Crippen LogP contribution is -2.54. The van der Waals surface area contributed by atoms with Gasteiger partial charge in [-0.25, -0.2) is 0 Å². The quantitative estimate of drug-likeness (QED) is 0.656. The summed E-state index contributed by atoms with van der Waals surface area (Å²) in [6.07, 6.45) is -0.0622. The number of hydrogen-bond acceptors (Lipinski definition) is 7. The predicted molar refractivity (Wildman–Crippen MR) is 107 cm³/mol. The first kappa shape index (κ1) is 19.7. The van der Waals surface area contributed by atoms with Crippen LogP contribution in [-0.2, 0) is 4.79 Å². The van der Waals surface area contributed by atoms with Gasteiger partial charge in [0.05, 0.1) is 25.2 Å². The third-order valence-corrected chi connectivity index (χ3v) is 6.23. The van der Waals surface area contributed by atoms with Crippen molar-refractivity contribution in [3.05, 3.63) is 36.9 Å². The number of benzene rings is 1. The van der Waals surface area contributed by atoms with Crippen LogP contribution in [0.15, 0.2) is 41.9 Å². The van der Waals surface area contributed by atoms with E-state index in [1.165, 1.54) is 11.8 Å². The van der Waals surface area contributed by atoms with Gasteiger partial charge >= 0.3 is 0 Å². The molecule has 1 aliphatic carbocycles.